The van der Waals surface area contributed by atoms with Gasteiger partial charge in [0.05, 0.1) is 27.4 Å². The molecule has 0 spiro atoms. The van der Waals surface area contributed by atoms with Crippen molar-refractivity contribution in [2.45, 2.75) is 25.4 Å². The summed E-state index contributed by atoms with van der Waals surface area (Å²) in [4.78, 5) is 40.0. The van der Waals surface area contributed by atoms with Crippen LogP contribution in [0, 0.1) is 0 Å². The fraction of sp³-hybridized carbons (Fsp3) is 0.200. The van der Waals surface area contributed by atoms with Crippen LogP contribution in [0.3, 0.4) is 0 Å². The van der Waals surface area contributed by atoms with Crippen LogP contribution in [0.15, 0.2) is 65.4 Å². The Labute approximate surface area is 252 Å². The molecule has 3 heterocycles. The summed E-state index contributed by atoms with van der Waals surface area (Å²) >= 11 is 13.2. The molecule has 0 fully saturated rings. The van der Waals surface area contributed by atoms with Crippen molar-refractivity contribution in [1.29, 1.82) is 0 Å². The zero-order valence-electron chi connectivity index (χ0n) is 22.5. The molecule has 0 aliphatic carbocycles. The SMILES string of the molecule is C=S(C)(=O)n1cc(C[C@H](NC(=O)c2c(Cl)cc3c(c2Cl)CCN(C(=O)/C=C/c2ccco2)C3)C(=O)O)c2ccccc21. The molecule has 0 radical (unpaired) electrons. The predicted octanol–water partition coefficient (Wildman–Crippen LogP) is 4.67. The van der Waals surface area contributed by atoms with Gasteiger partial charge in [-0.1, -0.05) is 41.4 Å². The van der Waals surface area contributed by atoms with E-state index in [4.69, 9.17) is 27.6 Å². The number of carbonyl (C=O) groups excluding carboxylic acids is 2. The lowest BCUT2D eigenvalue weighted by Gasteiger charge is -2.29. The molecule has 0 saturated heterocycles. The van der Waals surface area contributed by atoms with Crippen LogP contribution in [0.25, 0.3) is 17.0 Å². The number of hydrogen-bond acceptors (Lipinski definition) is 5. The third kappa shape index (κ3) is 5.97. The number of fused-ring (bicyclic) bond motifs is 2. The number of aliphatic carboxylic acids is 1. The van der Waals surface area contributed by atoms with E-state index in [0.717, 1.165) is 0 Å². The van der Waals surface area contributed by atoms with E-state index >= 15 is 0 Å². The topological polar surface area (TPSA) is 122 Å². The second-order valence-corrected chi connectivity index (χ2v) is 13.2. The van der Waals surface area contributed by atoms with Gasteiger partial charge in [-0.05, 0) is 59.3 Å². The van der Waals surface area contributed by atoms with Crippen LogP contribution in [0.4, 0.5) is 0 Å². The second kappa shape index (κ2) is 11.7. The van der Waals surface area contributed by atoms with Crippen LogP contribution in [-0.2, 0) is 38.7 Å². The highest BCUT2D eigenvalue weighted by Crippen LogP contribution is 2.35. The van der Waals surface area contributed by atoms with Gasteiger partial charge in [0.15, 0.2) is 0 Å². The van der Waals surface area contributed by atoms with Crippen molar-refractivity contribution in [2.75, 3.05) is 12.8 Å². The number of furan rings is 1. The molecule has 0 bridgehead atoms. The van der Waals surface area contributed by atoms with Crippen molar-refractivity contribution in [1.82, 2.24) is 14.2 Å². The monoisotopic (exact) mass is 627 g/mol. The van der Waals surface area contributed by atoms with Crippen LogP contribution >= 0.6 is 23.2 Å². The van der Waals surface area contributed by atoms with Crippen LogP contribution in [0.1, 0.15) is 32.8 Å². The number of carbonyl (C=O) groups is 3. The number of amides is 2. The highest BCUT2D eigenvalue weighted by molar-refractivity contribution is 7.98. The molecule has 0 saturated carbocycles. The zero-order valence-corrected chi connectivity index (χ0v) is 24.8. The van der Waals surface area contributed by atoms with Crippen LogP contribution in [0.5, 0.6) is 0 Å². The maximum Gasteiger partial charge on any atom is 0.326 e. The first-order valence-corrected chi connectivity index (χ1v) is 15.7. The summed E-state index contributed by atoms with van der Waals surface area (Å²) in [7, 11) is -2.66. The van der Waals surface area contributed by atoms with Gasteiger partial charge in [-0.2, -0.15) is 0 Å². The smallest absolute Gasteiger partial charge is 0.326 e. The fourth-order valence-electron chi connectivity index (χ4n) is 5.04. The Morgan fingerprint density at radius 2 is 1.98 bits per heavy atom. The standard InChI is InChI=1S/C30H27Cl2N3O6S/c1-42(2,40)35-17-19(21-7-3-4-8-25(21)35)15-24(30(38)39)33-29(37)27-23(31)14-18-16-34(12-11-22(18)28(27)32)26(36)10-9-20-6-5-13-41-20/h3-10,13-14,17,24H,1,11-12,15-16H2,2H3,(H,33,37)(H,38,39)/b10-9+/t24-,42?/m0/s1. The van der Waals surface area contributed by atoms with Gasteiger partial charge < -0.3 is 19.7 Å². The molecule has 218 valence electrons. The first-order chi connectivity index (χ1) is 19.9. The lowest BCUT2D eigenvalue weighted by atomic mass is 9.96. The summed E-state index contributed by atoms with van der Waals surface area (Å²) < 4.78 is 19.5. The van der Waals surface area contributed by atoms with E-state index < -0.39 is 27.6 Å². The maximum absolute atomic E-state index is 13.4. The van der Waals surface area contributed by atoms with Gasteiger partial charge in [-0.3, -0.25) is 13.6 Å². The number of nitrogens with one attached hydrogen (secondary N) is 1. The average Bonchev–Trinajstić information content (AvgIpc) is 3.59. The normalized spacial score (nSPS) is 15.4. The average molecular weight is 629 g/mol. The molecular weight excluding hydrogens is 601 g/mol. The second-order valence-electron chi connectivity index (χ2n) is 10.1. The van der Waals surface area contributed by atoms with Crippen molar-refractivity contribution in [3.63, 3.8) is 0 Å². The Kier molecular flexibility index (Phi) is 8.23. The number of nitrogens with zero attached hydrogens (tertiary/aromatic N) is 2. The van der Waals surface area contributed by atoms with Crippen LogP contribution in [-0.4, -0.2) is 60.7 Å². The number of halogens is 2. The number of carboxylic acids is 1. The molecule has 1 unspecified atom stereocenters. The Hall–Kier alpha value is -3.99. The van der Waals surface area contributed by atoms with Gasteiger partial charge in [0.25, 0.3) is 5.91 Å². The molecule has 2 atom stereocenters. The van der Waals surface area contributed by atoms with E-state index in [2.05, 4.69) is 11.2 Å². The Morgan fingerprint density at radius 1 is 1.21 bits per heavy atom. The highest BCUT2D eigenvalue weighted by Gasteiger charge is 2.29. The van der Waals surface area contributed by atoms with Gasteiger partial charge in [0.2, 0.25) is 5.91 Å². The number of para-hydroxylation sites is 1. The quantitative estimate of drug-likeness (QED) is 0.216. The Morgan fingerprint density at radius 3 is 2.67 bits per heavy atom. The fourth-order valence-corrected chi connectivity index (χ4v) is 6.73. The lowest BCUT2D eigenvalue weighted by molar-refractivity contribution is -0.139. The number of hydrogen-bond donors (Lipinski definition) is 2. The molecule has 4 aromatic rings. The van der Waals surface area contributed by atoms with Gasteiger partial charge >= 0.3 is 5.97 Å². The summed E-state index contributed by atoms with van der Waals surface area (Å²) in [6, 6.07) is 10.9. The molecule has 5 rings (SSSR count). The molecule has 2 aromatic heterocycles. The van der Waals surface area contributed by atoms with Crippen LogP contribution < -0.4 is 5.32 Å². The van der Waals surface area contributed by atoms with E-state index in [1.54, 1.807) is 59.6 Å². The summed E-state index contributed by atoms with van der Waals surface area (Å²) in [6.45, 7) is 0.609. The third-order valence-corrected chi connectivity index (χ3v) is 8.93. The van der Waals surface area contributed by atoms with Gasteiger partial charge in [-0.15, -0.1) is 0 Å². The van der Waals surface area contributed by atoms with Crippen molar-refractivity contribution < 1.29 is 28.1 Å². The maximum atomic E-state index is 13.4. The number of aromatic nitrogens is 1. The molecular formula is C30H27Cl2N3O6S. The minimum atomic E-state index is -2.66. The number of benzene rings is 2. The number of rotatable bonds is 8. The Bertz CT molecular complexity index is 1840. The molecule has 2 N–H and O–H groups in total. The first-order valence-electron chi connectivity index (χ1n) is 12.9. The summed E-state index contributed by atoms with van der Waals surface area (Å²) in [5, 5.41) is 13.4. The first kappa shape index (κ1) is 29.5. The van der Waals surface area contributed by atoms with Crippen LogP contribution in [0.2, 0.25) is 10.0 Å². The lowest BCUT2D eigenvalue weighted by Crippen LogP contribution is -2.42. The van der Waals surface area contributed by atoms with Gasteiger partial charge in [0.1, 0.15) is 11.8 Å². The molecule has 1 aliphatic heterocycles. The Balaban J connectivity index is 1.36. The van der Waals surface area contributed by atoms with E-state index in [0.29, 0.717) is 46.3 Å². The number of carboxylic acid groups (broad SMARTS) is 1. The highest BCUT2D eigenvalue weighted by atomic mass is 35.5. The summed E-state index contributed by atoms with van der Waals surface area (Å²) in [5.74, 6) is 2.09. The minimum Gasteiger partial charge on any atom is -0.480 e. The van der Waals surface area contributed by atoms with E-state index in [1.807, 2.05) is 0 Å². The van der Waals surface area contributed by atoms with Crippen molar-refractivity contribution in [3.05, 3.63) is 99.1 Å². The van der Waals surface area contributed by atoms with Gasteiger partial charge in [-0.25, -0.2) is 9.00 Å². The van der Waals surface area contributed by atoms with Crippen molar-refractivity contribution >= 4 is 73.5 Å². The van der Waals surface area contributed by atoms with Gasteiger partial charge in [0, 0.05) is 53.1 Å². The summed E-state index contributed by atoms with van der Waals surface area (Å²) in [5.41, 5.74) is 2.58. The molecule has 1 aliphatic rings. The van der Waals surface area contributed by atoms with E-state index in [1.165, 1.54) is 22.6 Å². The third-order valence-electron chi connectivity index (χ3n) is 7.08. The molecule has 42 heavy (non-hydrogen) atoms. The van der Waals surface area contributed by atoms with E-state index in [9.17, 15) is 23.7 Å². The molecule has 2 aromatic carbocycles. The predicted molar refractivity (Wildman–Crippen MR) is 164 cm³/mol. The molecule has 2 amide bonds. The largest absolute Gasteiger partial charge is 0.480 e. The van der Waals surface area contributed by atoms with Crippen molar-refractivity contribution in [3.8, 4) is 0 Å². The van der Waals surface area contributed by atoms with E-state index in [-0.39, 0.29) is 34.5 Å². The molecule has 12 heteroatoms. The zero-order chi connectivity index (χ0) is 30.2. The van der Waals surface area contributed by atoms with Crippen molar-refractivity contribution in [2.24, 2.45) is 0 Å². The minimum absolute atomic E-state index is 0.0300. The summed E-state index contributed by atoms with van der Waals surface area (Å²) in [6.07, 6.45) is 7.94. The molecule has 9 nitrogen and oxygen atoms in total.